The van der Waals surface area contributed by atoms with Gasteiger partial charge in [0, 0.05) is 10.7 Å². The molecule has 0 aliphatic carbocycles. The van der Waals surface area contributed by atoms with E-state index in [1.54, 1.807) is 43.2 Å². The van der Waals surface area contributed by atoms with Gasteiger partial charge in [-0.25, -0.2) is 0 Å². The minimum Gasteiger partial charge on any atom is -0.493 e. The van der Waals surface area contributed by atoms with Crippen LogP contribution in [-0.2, 0) is 16.8 Å². The lowest BCUT2D eigenvalue weighted by Gasteiger charge is -2.40. The van der Waals surface area contributed by atoms with Gasteiger partial charge in [-0.2, -0.15) is 13.2 Å². The van der Waals surface area contributed by atoms with E-state index < -0.39 is 24.4 Å². The van der Waals surface area contributed by atoms with Crippen LogP contribution in [0.25, 0.3) is 0 Å². The molecule has 44 heavy (non-hydrogen) atoms. The molecule has 2 aliphatic rings. The maximum absolute atomic E-state index is 13.8. The second-order valence-electron chi connectivity index (χ2n) is 12.1. The molecule has 3 aromatic carbocycles. The van der Waals surface area contributed by atoms with Gasteiger partial charge in [0.1, 0.15) is 0 Å². The van der Waals surface area contributed by atoms with E-state index in [4.69, 9.17) is 21.1 Å². The number of carbonyl (C=O) groups is 1. The first-order valence-corrected chi connectivity index (χ1v) is 15.2. The summed E-state index contributed by atoms with van der Waals surface area (Å²) in [6, 6.07) is 18.0. The average molecular weight is 631 g/mol. The number of nitrogens with zero attached hydrogens (tertiary/aromatic N) is 2. The van der Waals surface area contributed by atoms with E-state index in [1.165, 1.54) is 4.90 Å². The van der Waals surface area contributed by atoms with Gasteiger partial charge in [0.2, 0.25) is 5.91 Å². The minimum absolute atomic E-state index is 0.0885. The van der Waals surface area contributed by atoms with Crippen LogP contribution in [0.1, 0.15) is 61.9 Å². The minimum atomic E-state index is -4.24. The van der Waals surface area contributed by atoms with Crippen LogP contribution in [0.15, 0.2) is 60.7 Å². The zero-order valence-electron chi connectivity index (χ0n) is 25.3. The Kier molecular flexibility index (Phi) is 9.21. The lowest BCUT2D eigenvalue weighted by atomic mass is 9.77. The predicted octanol–water partition coefficient (Wildman–Crippen LogP) is 7.30. The summed E-state index contributed by atoms with van der Waals surface area (Å²) in [5.74, 6) is 0.845. The fourth-order valence-electron chi connectivity index (χ4n) is 6.43. The van der Waals surface area contributed by atoms with Crippen molar-refractivity contribution in [3.05, 3.63) is 87.9 Å². The van der Waals surface area contributed by atoms with E-state index in [0.29, 0.717) is 40.6 Å². The van der Waals surface area contributed by atoms with E-state index >= 15 is 0 Å². The highest BCUT2D eigenvalue weighted by molar-refractivity contribution is 6.30. The van der Waals surface area contributed by atoms with Crippen LogP contribution in [0, 0.1) is 5.92 Å². The lowest BCUT2D eigenvalue weighted by Crippen LogP contribution is -2.45. The number of carbonyl (C=O) groups excluding carboxylic acids is 1. The molecule has 6 nitrogen and oxygen atoms in total. The largest absolute Gasteiger partial charge is 0.493 e. The average Bonchev–Trinajstić information content (AvgIpc) is 2.96. The zero-order chi connectivity index (χ0) is 31.8. The van der Waals surface area contributed by atoms with Gasteiger partial charge in [-0.3, -0.25) is 9.69 Å². The quantitative estimate of drug-likeness (QED) is 0.283. The maximum Gasteiger partial charge on any atom is 0.401 e. The Labute approximate surface area is 261 Å². The number of hydrogen-bond acceptors (Lipinski definition) is 5. The third kappa shape index (κ3) is 6.85. The molecule has 2 unspecified atom stereocenters. The van der Waals surface area contributed by atoms with Crippen LogP contribution < -0.4 is 14.4 Å². The van der Waals surface area contributed by atoms with Crippen molar-refractivity contribution >= 4 is 23.2 Å². The number of amides is 1. The van der Waals surface area contributed by atoms with Crippen LogP contribution in [0.5, 0.6) is 11.5 Å². The molecular weight excluding hydrogens is 593 g/mol. The number of benzene rings is 3. The number of halogens is 4. The number of likely N-dealkylation sites (tertiary alicyclic amines) is 1. The van der Waals surface area contributed by atoms with E-state index in [2.05, 4.69) is 0 Å². The molecule has 1 amide bonds. The van der Waals surface area contributed by atoms with Crippen molar-refractivity contribution in [3.8, 4) is 11.5 Å². The number of piperidine rings is 1. The molecule has 3 aromatic rings. The van der Waals surface area contributed by atoms with Crippen molar-refractivity contribution in [1.29, 1.82) is 0 Å². The first-order chi connectivity index (χ1) is 20.8. The summed E-state index contributed by atoms with van der Waals surface area (Å²) in [5.41, 5.74) is 2.69. The molecule has 1 N–H and O–H groups in total. The highest BCUT2D eigenvalue weighted by Crippen LogP contribution is 2.44. The van der Waals surface area contributed by atoms with Crippen molar-refractivity contribution in [2.45, 2.75) is 64.0 Å². The van der Waals surface area contributed by atoms with Gasteiger partial charge in [0.25, 0.3) is 0 Å². The molecule has 1 saturated heterocycles. The van der Waals surface area contributed by atoms with Crippen molar-refractivity contribution < 1.29 is 32.5 Å². The Balaban J connectivity index is 1.47. The Bertz CT molecular complexity index is 1470. The lowest BCUT2D eigenvalue weighted by molar-refractivity contribution is -0.151. The van der Waals surface area contributed by atoms with E-state index in [-0.39, 0.29) is 37.4 Å². The van der Waals surface area contributed by atoms with Gasteiger partial charge < -0.3 is 19.5 Å². The zero-order valence-corrected chi connectivity index (χ0v) is 26.1. The second-order valence-corrected chi connectivity index (χ2v) is 12.6. The number of rotatable bonds is 8. The third-order valence-corrected chi connectivity index (χ3v) is 8.90. The van der Waals surface area contributed by atoms with E-state index in [1.807, 2.05) is 50.2 Å². The van der Waals surface area contributed by atoms with Crippen molar-refractivity contribution in [1.82, 2.24) is 4.90 Å². The summed E-state index contributed by atoms with van der Waals surface area (Å²) in [5, 5.41) is 12.1. The smallest absolute Gasteiger partial charge is 0.401 e. The van der Waals surface area contributed by atoms with Crippen LogP contribution in [0.2, 0.25) is 5.02 Å². The standard InChI is InChI=1S/C34H38ClF3N2O4/c1-21(2)44-30-19-28-23(17-29(30)43-4)18-31(41)40(32(28)22-5-9-26(35)10-6-22)27-11-7-24(8-12-27)33(3,42)25-13-15-39(16-14-25)20-34(36,37)38/h5-12,17,19,21,25,32,42H,13-16,18,20H2,1-4H3. The summed E-state index contributed by atoms with van der Waals surface area (Å²) in [4.78, 5) is 17.0. The van der Waals surface area contributed by atoms with Crippen LogP contribution in [-0.4, -0.2) is 54.9 Å². The summed E-state index contributed by atoms with van der Waals surface area (Å²) in [6.45, 7) is 5.21. The molecule has 2 atom stereocenters. The molecule has 236 valence electrons. The highest BCUT2D eigenvalue weighted by Gasteiger charge is 2.40. The van der Waals surface area contributed by atoms with Gasteiger partial charge in [0.15, 0.2) is 11.5 Å². The molecule has 2 aliphatic heterocycles. The number of methoxy groups -OCH3 is 1. The summed E-state index contributed by atoms with van der Waals surface area (Å²) < 4.78 is 50.2. The molecule has 0 radical (unpaired) electrons. The summed E-state index contributed by atoms with van der Waals surface area (Å²) in [6.07, 6.45) is -3.26. The van der Waals surface area contributed by atoms with Gasteiger partial charge in [0.05, 0.1) is 37.8 Å². The number of anilines is 1. The molecule has 0 spiro atoms. The van der Waals surface area contributed by atoms with Gasteiger partial charge in [-0.1, -0.05) is 35.9 Å². The number of fused-ring (bicyclic) bond motifs is 1. The Morgan fingerprint density at radius 3 is 2.20 bits per heavy atom. The first kappa shape index (κ1) is 32.1. The monoisotopic (exact) mass is 630 g/mol. The summed E-state index contributed by atoms with van der Waals surface area (Å²) in [7, 11) is 1.57. The molecule has 5 rings (SSSR count). The van der Waals surface area contributed by atoms with Gasteiger partial charge in [-0.15, -0.1) is 0 Å². The number of aliphatic hydroxyl groups is 1. The van der Waals surface area contributed by atoms with Gasteiger partial charge >= 0.3 is 6.18 Å². The maximum atomic E-state index is 13.8. The Morgan fingerprint density at radius 2 is 1.64 bits per heavy atom. The molecule has 2 heterocycles. The van der Waals surface area contributed by atoms with E-state index in [0.717, 1.165) is 16.7 Å². The highest BCUT2D eigenvalue weighted by atomic mass is 35.5. The first-order valence-electron chi connectivity index (χ1n) is 14.8. The molecular formula is C34H38ClF3N2O4. The second kappa shape index (κ2) is 12.6. The molecule has 10 heteroatoms. The fourth-order valence-corrected chi connectivity index (χ4v) is 6.56. The van der Waals surface area contributed by atoms with E-state index in [9.17, 15) is 23.1 Å². The topological polar surface area (TPSA) is 62.2 Å². The number of alkyl halides is 3. The molecule has 0 saturated carbocycles. The van der Waals surface area contributed by atoms with Crippen LogP contribution in [0.3, 0.4) is 0 Å². The Morgan fingerprint density at radius 1 is 1.00 bits per heavy atom. The van der Waals surface area contributed by atoms with Crippen molar-refractivity contribution in [2.24, 2.45) is 5.92 Å². The Hall–Kier alpha value is -3.27. The van der Waals surface area contributed by atoms with Crippen LogP contribution in [0.4, 0.5) is 18.9 Å². The summed E-state index contributed by atoms with van der Waals surface area (Å²) >= 11 is 6.22. The molecule has 0 bridgehead atoms. The number of ether oxygens (including phenoxy) is 2. The number of hydrogen-bond donors (Lipinski definition) is 1. The van der Waals surface area contributed by atoms with Gasteiger partial charge in [-0.05, 0) is 111 Å². The predicted molar refractivity (Wildman–Crippen MR) is 164 cm³/mol. The molecule has 0 aromatic heterocycles. The molecule has 1 fully saturated rings. The van der Waals surface area contributed by atoms with Crippen molar-refractivity contribution in [3.63, 3.8) is 0 Å². The fraction of sp³-hybridized carbons (Fsp3) is 0.441. The van der Waals surface area contributed by atoms with Crippen molar-refractivity contribution in [2.75, 3.05) is 31.6 Å². The normalized spacial score (nSPS) is 19.5. The SMILES string of the molecule is COc1cc2c(cc1OC(C)C)C(c1ccc(Cl)cc1)N(c1ccc(C(C)(O)C3CCN(CC(F)(F)F)CC3)cc1)C(=O)C2. The third-order valence-electron chi connectivity index (χ3n) is 8.65. The van der Waals surface area contributed by atoms with Crippen LogP contribution >= 0.6 is 11.6 Å².